The fourth-order valence-electron chi connectivity index (χ4n) is 5.97. The fraction of sp³-hybridized carbons (Fsp3) is 0.250. The molecule has 2 aliphatic heterocycles. The van der Waals surface area contributed by atoms with Gasteiger partial charge in [0.2, 0.25) is 0 Å². The zero-order valence-corrected chi connectivity index (χ0v) is 26.4. The summed E-state index contributed by atoms with van der Waals surface area (Å²) in [6.45, 7) is 3.29. The third kappa shape index (κ3) is 6.50. The molecule has 2 aliphatic rings. The maximum absolute atomic E-state index is 15.4. The maximum Gasteiger partial charge on any atom is 0.271 e. The van der Waals surface area contributed by atoms with Crippen LogP contribution >= 0.6 is 0 Å². The van der Waals surface area contributed by atoms with Crippen molar-refractivity contribution in [3.63, 3.8) is 0 Å². The van der Waals surface area contributed by atoms with Crippen LogP contribution in [0.4, 0.5) is 14.5 Å². The molecule has 3 aromatic carbocycles. The third-order valence-corrected chi connectivity index (χ3v) is 8.54. The first-order valence-electron chi connectivity index (χ1n) is 15.7. The summed E-state index contributed by atoms with van der Waals surface area (Å²) in [5.41, 5.74) is 0.764. The molecule has 2 aromatic heterocycles. The van der Waals surface area contributed by atoms with E-state index in [9.17, 15) is 19.1 Å². The molecule has 5 aromatic rings. The normalized spacial score (nSPS) is 14.2. The number of rotatable bonds is 11. The van der Waals surface area contributed by atoms with E-state index in [0.717, 1.165) is 19.2 Å². The Balaban J connectivity index is 1.09. The van der Waals surface area contributed by atoms with Crippen molar-refractivity contribution in [2.45, 2.75) is 6.42 Å². The van der Waals surface area contributed by atoms with Crippen molar-refractivity contribution < 1.29 is 37.6 Å². The van der Waals surface area contributed by atoms with Gasteiger partial charge in [-0.15, -0.1) is 0 Å². The number of fused-ring (bicyclic) bond motifs is 2. The zero-order chi connectivity index (χ0) is 34.1. The van der Waals surface area contributed by atoms with E-state index in [2.05, 4.69) is 15.2 Å². The zero-order valence-electron chi connectivity index (χ0n) is 26.4. The Labute approximate surface area is 279 Å². The van der Waals surface area contributed by atoms with Crippen molar-refractivity contribution in [2.75, 3.05) is 51.9 Å². The number of aliphatic hydroxyl groups is 1. The smallest absolute Gasteiger partial charge is 0.271 e. The summed E-state index contributed by atoms with van der Waals surface area (Å²) in [6.07, 6.45) is 3.59. The Hall–Kier alpha value is -5.53. The van der Waals surface area contributed by atoms with Gasteiger partial charge in [0, 0.05) is 85.4 Å². The van der Waals surface area contributed by atoms with Crippen molar-refractivity contribution in [3.05, 3.63) is 106 Å². The summed E-state index contributed by atoms with van der Waals surface area (Å²) in [7, 11) is 1.52. The number of benzene rings is 3. The average Bonchev–Trinajstić information content (AvgIpc) is 3.55. The molecular formula is C36H32F2N4O7. The number of halogens is 2. The van der Waals surface area contributed by atoms with E-state index in [4.69, 9.17) is 18.9 Å². The summed E-state index contributed by atoms with van der Waals surface area (Å²) in [5.74, 6) is -0.349. The first kappa shape index (κ1) is 32.0. The Kier molecular flexibility index (Phi) is 8.85. The molecule has 11 nitrogen and oxygen atoms in total. The van der Waals surface area contributed by atoms with Gasteiger partial charge in [-0.05, 0) is 48.5 Å². The van der Waals surface area contributed by atoms with E-state index in [1.54, 1.807) is 24.4 Å². The molecule has 1 saturated heterocycles. The van der Waals surface area contributed by atoms with Gasteiger partial charge in [0.15, 0.2) is 23.1 Å². The SMILES string of the molecule is COc1cc2c(Oc3ccc(NC(=O)c4c5c(cn(-c6ccc(F)cc6)c4=O)CCO5)cc3F)ccnc2cc1OCCN1CC(CO)C1. The van der Waals surface area contributed by atoms with Crippen LogP contribution in [0, 0.1) is 17.6 Å². The number of aromatic nitrogens is 2. The van der Waals surface area contributed by atoms with Gasteiger partial charge in [0.05, 0.1) is 19.2 Å². The van der Waals surface area contributed by atoms with Gasteiger partial charge in [-0.25, -0.2) is 8.78 Å². The molecule has 13 heteroatoms. The molecule has 0 unspecified atom stereocenters. The van der Waals surface area contributed by atoms with Crippen molar-refractivity contribution in [2.24, 2.45) is 5.92 Å². The third-order valence-electron chi connectivity index (χ3n) is 8.54. The number of amides is 1. The highest BCUT2D eigenvalue weighted by Crippen LogP contribution is 2.38. The summed E-state index contributed by atoms with van der Waals surface area (Å²) in [5, 5.41) is 12.4. The van der Waals surface area contributed by atoms with Gasteiger partial charge in [0.25, 0.3) is 11.5 Å². The van der Waals surface area contributed by atoms with Gasteiger partial charge < -0.3 is 29.4 Å². The highest BCUT2D eigenvalue weighted by atomic mass is 19.1. The minimum atomic E-state index is -0.780. The molecule has 1 fully saturated rings. The second kappa shape index (κ2) is 13.5. The first-order valence-corrected chi connectivity index (χ1v) is 15.7. The predicted molar refractivity (Wildman–Crippen MR) is 176 cm³/mol. The highest BCUT2D eigenvalue weighted by molar-refractivity contribution is 6.06. The summed E-state index contributed by atoms with van der Waals surface area (Å²) in [4.78, 5) is 33.5. The molecule has 0 bridgehead atoms. The van der Waals surface area contributed by atoms with Crippen LogP contribution in [0.5, 0.6) is 28.7 Å². The number of nitrogens with zero attached hydrogens (tertiary/aromatic N) is 3. The van der Waals surface area contributed by atoms with Gasteiger partial charge in [-0.1, -0.05) is 0 Å². The topological polar surface area (TPSA) is 124 Å². The molecule has 252 valence electrons. The Bertz CT molecular complexity index is 2100. The van der Waals surface area contributed by atoms with E-state index in [0.29, 0.717) is 64.9 Å². The average molecular weight is 671 g/mol. The van der Waals surface area contributed by atoms with Crippen LogP contribution in [0.2, 0.25) is 0 Å². The van der Waals surface area contributed by atoms with E-state index >= 15 is 4.39 Å². The second-order valence-electron chi connectivity index (χ2n) is 11.8. The van der Waals surface area contributed by atoms with Crippen LogP contribution in [-0.4, -0.2) is 72.0 Å². The molecule has 4 heterocycles. The molecule has 1 amide bonds. The minimum absolute atomic E-state index is 0.0892. The number of pyridine rings is 2. The quantitative estimate of drug-likeness (QED) is 0.201. The number of likely N-dealkylation sites (tertiary alicyclic amines) is 1. The van der Waals surface area contributed by atoms with Crippen molar-refractivity contribution in [1.29, 1.82) is 0 Å². The number of carbonyl (C=O) groups is 1. The minimum Gasteiger partial charge on any atom is -0.493 e. The first-order chi connectivity index (χ1) is 23.8. The molecule has 0 aliphatic carbocycles. The largest absolute Gasteiger partial charge is 0.493 e. The number of anilines is 1. The van der Waals surface area contributed by atoms with Gasteiger partial charge in [-0.3, -0.25) is 24.0 Å². The van der Waals surface area contributed by atoms with Crippen LogP contribution in [0.25, 0.3) is 16.6 Å². The lowest BCUT2D eigenvalue weighted by molar-refractivity contribution is 0.0436. The lowest BCUT2D eigenvalue weighted by atomic mass is 10.0. The van der Waals surface area contributed by atoms with Crippen molar-refractivity contribution >= 4 is 22.5 Å². The van der Waals surface area contributed by atoms with E-state index in [1.807, 2.05) is 0 Å². The molecule has 0 spiro atoms. The number of carbonyl (C=O) groups excluding carboxylic acids is 1. The molecule has 0 radical (unpaired) electrons. The summed E-state index contributed by atoms with van der Waals surface area (Å²) in [6, 6.07) is 14.3. The van der Waals surface area contributed by atoms with Crippen molar-refractivity contribution in [3.8, 4) is 34.4 Å². The van der Waals surface area contributed by atoms with Crippen LogP contribution in [0.1, 0.15) is 15.9 Å². The summed E-state index contributed by atoms with van der Waals surface area (Å²) >= 11 is 0. The number of hydrogen-bond acceptors (Lipinski definition) is 9. The van der Waals surface area contributed by atoms with Gasteiger partial charge in [0.1, 0.15) is 29.5 Å². The van der Waals surface area contributed by atoms with Crippen LogP contribution in [0.15, 0.2) is 77.9 Å². The Morgan fingerprint density at radius 1 is 1.04 bits per heavy atom. The summed E-state index contributed by atoms with van der Waals surface area (Å²) < 4.78 is 53.4. The van der Waals surface area contributed by atoms with Crippen LogP contribution in [0.3, 0.4) is 0 Å². The number of ether oxygens (including phenoxy) is 4. The predicted octanol–water partition coefficient (Wildman–Crippen LogP) is 4.95. The number of aliphatic hydroxyl groups excluding tert-OH is 1. The Morgan fingerprint density at radius 3 is 2.61 bits per heavy atom. The van der Waals surface area contributed by atoms with Gasteiger partial charge >= 0.3 is 0 Å². The lowest BCUT2D eigenvalue weighted by Gasteiger charge is -2.38. The number of hydrogen-bond donors (Lipinski definition) is 2. The molecule has 2 N–H and O–H groups in total. The van der Waals surface area contributed by atoms with Crippen LogP contribution in [-0.2, 0) is 6.42 Å². The van der Waals surface area contributed by atoms with Crippen LogP contribution < -0.4 is 29.8 Å². The molecule has 49 heavy (non-hydrogen) atoms. The number of nitrogens with one attached hydrogen (secondary N) is 1. The molecular weight excluding hydrogens is 638 g/mol. The number of methoxy groups -OCH3 is 1. The standard InChI is InChI=1S/C36H32F2N4O7/c1-46-31-15-26-28(16-32(31)47-13-11-41-17-21(18-41)20-43)39-10-8-29(26)49-30-7-4-24(14-27(30)38)40-35(44)33-34-22(9-12-48-34)19-42(36(33)45)25-5-2-23(37)3-6-25/h2-8,10,14-16,19,21,43H,9,11-13,17-18,20H2,1H3,(H,40,44). The second-order valence-corrected chi connectivity index (χ2v) is 11.8. The van der Waals surface area contributed by atoms with E-state index in [-0.39, 0.29) is 36.0 Å². The maximum atomic E-state index is 15.4. The molecule has 0 atom stereocenters. The lowest BCUT2D eigenvalue weighted by Crippen LogP contribution is -2.49. The monoisotopic (exact) mass is 670 g/mol. The van der Waals surface area contributed by atoms with E-state index < -0.39 is 23.1 Å². The Morgan fingerprint density at radius 2 is 1.86 bits per heavy atom. The van der Waals surface area contributed by atoms with Crippen molar-refractivity contribution in [1.82, 2.24) is 14.5 Å². The molecule has 7 rings (SSSR count). The van der Waals surface area contributed by atoms with Gasteiger partial charge in [-0.2, -0.15) is 0 Å². The fourth-order valence-corrected chi connectivity index (χ4v) is 5.97. The highest BCUT2D eigenvalue weighted by Gasteiger charge is 2.28. The van der Waals surface area contributed by atoms with E-state index in [1.165, 1.54) is 54.3 Å². The molecule has 0 saturated carbocycles.